The van der Waals surface area contributed by atoms with Gasteiger partial charge < -0.3 is 4.74 Å². The van der Waals surface area contributed by atoms with E-state index in [1.165, 1.54) is 35.3 Å². The molecule has 0 amide bonds. The second-order valence-corrected chi connectivity index (χ2v) is 10.1. The summed E-state index contributed by atoms with van der Waals surface area (Å²) in [6.45, 7) is 2.92. The normalized spacial score (nSPS) is 19.4. The number of hydrogen-bond donors (Lipinski definition) is 0. The number of thiophene rings is 1. The second kappa shape index (κ2) is 8.25. The van der Waals surface area contributed by atoms with Gasteiger partial charge in [-0.25, -0.2) is 4.98 Å². The lowest BCUT2D eigenvalue weighted by Crippen LogP contribution is -2.24. The number of rotatable bonds is 4. The van der Waals surface area contributed by atoms with Gasteiger partial charge in [-0.2, -0.15) is 0 Å². The fraction of sp³-hybridized carbons (Fsp3) is 0.478. The number of aryl methyl sites for hydroxylation is 3. The molecule has 0 N–H and O–H groups in total. The lowest BCUT2D eigenvalue weighted by molar-refractivity contribution is 0.0315. The molecule has 2 aromatic heterocycles. The molecular formula is C23H26N2O2S2. The van der Waals surface area contributed by atoms with Crippen molar-refractivity contribution in [2.24, 2.45) is 0 Å². The largest absolute Gasteiger partial charge is 0.377 e. The van der Waals surface area contributed by atoms with Crippen LogP contribution >= 0.6 is 23.1 Å². The van der Waals surface area contributed by atoms with Crippen LogP contribution in [0.5, 0.6) is 0 Å². The van der Waals surface area contributed by atoms with Crippen molar-refractivity contribution in [2.45, 2.75) is 63.1 Å². The Hall–Kier alpha value is -1.63. The zero-order valence-electron chi connectivity index (χ0n) is 16.8. The van der Waals surface area contributed by atoms with Crippen LogP contribution in [0.25, 0.3) is 15.9 Å². The fourth-order valence-electron chi connectivity index (χ4n) is 4.31. The molecule has 5 rings (SSSR count). The highest BCUT2D eigenvalue weighted by molar-refractivity contribution is 7.99. The monoisotopic (exact) mass is 426 g/mol. The predicted molar refractivity (Wildman–Crippen MR) is 121 cm³/mol. The van der Waals surface area contributed by atoms with Crippen molar-refractivity contribution in [2.75, 3.05) is 12.4 Å². The van der Waals surface area contributed by atoms with Crippen LogP contribution in [0.15, 0.2) is 34.2 Å². The van der Waals surface area contributed by atoms with Crippen molar-refractivity contribution in [3.05, 3.63) is 50.6 Å². The Kier molecular flexibility index (Phi) is 5.50. The van der Waals surface area contributed by atoms with Crippen LogP contribution in [-0.2, 0) is 17.6 Å². The molecule has 0 unspecified atom stereocenters. The standard InChI is InChI=1S/C23H26N2O2S2/c1-15-9-11-16(12-10-15)25-22(26)20-18-7-2-3-8-19(18)29-21(20)24-23(25)28-14-17-6-4-5-13-27-17/h9-12,17H,2-8,13-14H2,1H3/t17-/m1/s1. The van der Waals surface area contributed by atoms with E-state index < -0.39 is 0 Å². The smallest absolute Gasteiger partial charge is 0.267 e. The van der Waals surface area contributed by atoms with Crippen molar-refractivity contribution in [3.63, 3.8) is 0 Å². The molecule has 1 aliphatic carbocycles. The first-order valence-electron chi connectivity index (χ1n) is 10.6. The van der Waals surface area contributed by atoms with Gasteiger partial charge in [0, 0.05) is 17.2 Å². The van der Waals surface area contributed by atoms with Gasteiger partial charge in [-0.1, -0.05) is 29.5 Å². The van der Waals surface area contributed by atoms with Gasteiger partial charge >= 0.3 is 0 Å². The van der Waals surface area contributed by atoms with E-state index in [0.29, 0.717) is 0 Å². The molecule has 2 aliphatic rings. The number of nitrogens with zero attached hydrogens (tertiary/aromatic N) is 2. The molecule has 1 aromatic carbocycles. The summed E-state index contributed by atoms with van der Waals surface area (Å²) in [6.07, 6.45) is 8.19. The van der Waals surface area contributed by atoms with Crippen LogP contribution in [0.2, 0.25) is 0 Å². The van der Waals surface area contributed by atoms with Gasteiger partial charge in [0.2, 0.25) is 0 Å². The summed E-state index contributed by atoms with van der Waals surface area (Å²) in [7, 11) is 0. The topological polar surface area (TPSA) is 44.1 Å². The van der Waals surface area contributed by atoms with Gasteiger partial charge in [0.15, 0.2) is 5.16 Å². The number of fused-ring (bicyclic) bond motifs is 3. The zero-order chi connectivity index (χ0) is 19.8. The second-order valence-electron chi connectivity index (χ2n) is 8.06. The minimum Gasteiger partial charge on any atom is -0.377 e. The van der Waals surface area contributed by atoms with Crippen molar-refractivity contribution in [3.8, 4) is 5.69 Å². The number of thioether (sulfide) groups is 1. The maximum absolute atomic E-state index is 13.7. The summed E-state index contributed by atoms with van der Waals surface area (Å²) >= 11 is 3.39. The molecule has 3 heterocycles. The van der Waals surface area contributed by atoms with E-state index in [0.717, 1.165) is 59.1 Å². The maximum Gasteiger partial charge on any atom is 0.267 e. The van der Waals surface area contributed by atoms with Crippen molar-refractivity contribution in [1.29, 1.82) is 0 Å². The van der Waals surface area contributed by atoms with Crippen molar-refractivity contribution < 1.29 is 4.74 Å². The number of aromatic nitrogens is 2. The number of ether oxygens (including phenoxy) is 1. The molecule has 1 atom stereocenters. The molecule has 1 aliphatic heterocycles. The number of benzene rings is 1. The third-order valence-electron chi connectivity index (χ3n) is 5.92. The molecule has 0 radical (unpaired) electrons. The molecule has 29 heavy (non-hydrogen) atoms. The highest BCUT2D eigenvalue weighted by atomic mass is 32.2. The minimum absolute atomic E-state index is 0.0883. The summed E-state index contributed by atoms with van der Waals surface area (Å²) < 4.78 is 7.74. The van der Waals surface area contributed by atoms with E-state index in [1.54, 1.807) is 23.1 Å². The van der Waals surface area contributed by atoms with Gasteiger partial charge in [-0.3, -0.25) is 9.36 Å². The zero-order valence-corrected chi connectivity index (χ0v) is 18.4. The van der Waals surface area contributed by atoms with E-state index in [4.69, 9.17) is 9.72 Å². The molecule has 0 bridgehead atoms. The van der Waals surface area contributed by atoms with Crippen molar-refractivity contribution >= 4 is 33.3 Å². The van der Waals surface area contributed by atoms with Gasteiger partial charge in [0.1, 0.15) is 4.83 Å². The minimum atomic E-state index is 0.0883. The van der Waals surface area contributed by atoms with Gasteiger partial charge in [-0.05, 0) is 69.6 Å². The lowest BCUT2D eigenvalue weighted by Gasteiger charge is -2.22. The van der Waals surface area contributed by atoms with E-state index in [2.05, 4.69) is 19.1 Å². The summed E-state index contributed by atoms with van der Waals surface area (Å²) in [5, 5.41) is 1.64. The first-order valence-corrected chi connectivity index (χ1v) is 12.4. The van der Waals surface area contributed by atoms with Gasteiger partial charge in [0.25, 0.3) is 5.56 Å². The molecule has 3 aromatic rings. The quantitative estimate of drug-likeness (QED) is 0.420. The van der Waals surface area contributed by atoms with Crippen LogP contribution in [0, 0.1) is 6.92 Å². The van der Waals surface area contributed by atoms with Crippen LogP contribution in [0.3, 0.4) is 0 Å². The summed E-state index contributed by atoms with van der Waals surface area (Å²) in [5.41, 5.74) is 3.43. The van der Waals surface area contributed by atoms with Crippen LogP contribution in [-0.4, -0.2) is 28.0 Å². The Morgan fingerprint density at radius 3 is 2.79 bits per heavy atom. The molecule has 4 nitrogen and oxygen atoms in total. The average molecular weight is 427 g/mol. The molecular weight excluding hydrogens is 400 g/mol. The van der Waals surface area contributed by atoms with E-state index in [-0.39, 0.29) is 11.7 Å². The van der Waals surface area contributed by atoms with E-state index in [9.17, 15) is 4.79 Å². The first kappa shape index (κ1) is 19.3. The maximum atomic E-state index is 13.7. The predicted octanol–water partition coefficient (Wildman–Crippen LogP) is 5.30. The van der Waals surface area contributed by atoms with Gasteiger partial charge in [0.05, 0.1) is 17.2 Å². The summed E-state index contributed by atoms with van der Waals surface area (Å²) in [4.78, 5) is 21.0. The third-order valence-corrected chi connectivity index (χ3v) is 8.18. The highest BCUT2D eigenvalue weighted by Crippen LogP contribution is 2.35. The lowest BCUT2D eigenvalue weighted by atomic mass is 9.97. The molecule has 6 heteroatoms. The number of hydrogen-bond acceptors (Lipinski definition) is 5. The summed E-state index contributed by atoms with van der Waals surface area (Å²) in [5.74, 6) is 0.842. The highest BCUT2D eigenvalue weighted by Gasteiger charge is 2.24. The average Bonchev–Trinajstić information content (AvgIpc) is 3.13. The van der Waals surface area contributed by atoms with E-state index in [1.807, 2.05) is 16.7 Å². The SMILES string of the molecule is Cc1ccc(-n2c(SC[C@H]3CCCCO3)nc3sc4c(c3c2=O)CCCC4)cc1. The van der Waals surface area contributed by atoms with E-state index >= 15 is 0 Å². The Labute approximate surface area is 179 Å². The molecule has 1 saturated heterocycles. The first-order chi connectivity index (χ1) is 14.2. The fourth-order valence-corrected chi connectivity index (χ4v) is 6.69. The van der Waals surface area contributed by atoms with Crippen molar-refractivity contribution in [1.82, 2.24) is 9.55 Å². The molecule has 152 valence electrons. The van der Waals surface area contributed by atoms with Crippen LogP contribution in [0.1, 0.15) is 48.1 Å². The summed E-state index contributed by atoms with van der Waals surface area (Å²) in [6, 6.07) is 8.19. The van der Waals surface area contributed by atoms with Crippen LogP contribution in [0.4, 0.5) is 0 Å². The molecule has 0 saturated carbocycles. The Morgan fingerprint density at radius 2 is 2.00 bits per heavy atom. The Bertz CT molecular complexity index is 1080. The molecule has 1 fully saturated rings. The Balaban J connectivity index is 1.62. The molecule has 0 spiro atoms. The Morgan fingerprint density at radius 1 is 1.17 bits per heavy atom. The third kappa shape index (κ3) is 3.78. The van der Waals surface area contributed by atoms with Crippen LogP contribution < -0.4 is 5.56 Å². The van der Waals surface area contributed by atoms with Gasteiger partial charge in [-0.15, -0.1) is 11.3 Å².